The van der Waals surface area contributed by atoms with Crippen LogP contribution < -0.4 is 10.9 Å². The molecule has 2 heterocycles. The zero-order valence-corrected chi connectivity index (χ0v) is 18.7. The third kappa shape index (κ3) is 5.36. The van der Waals surface area contributed by atoms with Crippen molar-refractivity contribution in [2.24, 2.45) is 5.92 Å². The van der Waals surface area contributed by atoms with Crippen LogP contribution in [0.5, 0.6) is 0 Å². The van der Waals surface area contributed by atoms with Gasteiger partial charge in [0.2, 0.25) is 5.91 Å². The Balaban J connectivity index is 1.63. The molecule has 8 heteroatoms. The summed E-state index contributed by atoms with van der Waals surface area (Å²) in [7, 11) is 0. The highest BCUT2D eigenvalue weighted by molar-refractivity contribution is 7.71. The van der Waals surface area contributed by atoms with E-state index in [1.54, 1.807) is 6.07 Å². The second-order valence-corrected chi connectivity index (χ2v) is 8.17. The molecule has 1 amide bonds. The van der Waals surface area contributed by atoms with Crippen LogP contribution in [0.1, 0.15) is 33.1 Å². The number of nitrogens with zero attached hydrogens (tertiary/aromatic N) is 2. The number of hydrogen-bond acceptors (Lipinski definition) is 5. The van der Waals surface area contributed by atoms with Crippen molar-refractivity contribution in [1.29, 1.82) is 0 Å². The molecule has 3 rings (SSSR count). The SMILES string of the molecule is CCC(CC)C(CNC(=O)CCn1c(=S)[nH]c2ccccc2c1=O)N1CCOCC1. The van der Waals surface area contributed by atoms with E-state index in [-0.39, 0.29) is 24.4 Å². The van der Waals surface area contributed by atoms with Crippen molar-refractivity contribution < 1.29 is 9.53 Å². The highest BCUT2D eigenvalue weighted by Crippen LogP contribution is 2.19. The Morgan fingerprint density at radius 1 is 1.23 bits per heavy atom. The number of carbonyl (C=O) groups excluding carboxylic acids is 1. The number of benzene rings is 1. The summed E-state index contributed by atoms with van der Waals surface area (Å²) in [5.41, 5.74) is 0.553. The Labute approximate surface area is 182 Å². The maximum atomic E-state index is 12.7. The van der Waals surface area contributed by atoms with Gasteiger partial charge in [0.25, 0.3) is 5.56 Å². The Kier molecular flexibility index (Phi) is 8.18. The lowest BCUT2D eigenvalue weighted by Gasteiger charge is -2.38. The first-order valence-electron chi connectivity index (χ1n) is 10.9. The average molecular weight is 433 g/mol. The Hall–Kier alpha value is -2.03. The molecule has 0 saturated carbocycles. The van der Waals surface area contributed by atoms with Gasteiger partial charge in [0, 0.05) is 38.6 Å². The summed E-state index contributed by atoms with van der Waals surface area (Å²) in [6, 6.07) is 7.57. The van der Waals surface area contributed by atoms with E-state index in [0.29, 0.717) is 34.2 Å². The minimum absolute atomic E-state index is 0.0614. The first-order valence-corrected chi connectivity index (χ1v) is 11.3. The number of H-pyrrole nitrogens is 1. The van der Waals surface area contributed by atoms with Gasteiger partial charge in [0.15, 0.2) is 4.77 Å². The van der Waals surface area contributed by atoms with Gasteiger partial charge < -0.3 is 15.0 Å². The minimum Gasteiger partial charge on any atom is -0.379 e. The summed E-state index contributed by atoms with van der Waals surface area (Å²) in [6.07, 6.45) is 2.38. The van der Waals surface area contributed by atoms with Crippen LogP contribution in [-0.4, -0.2) is 59.2 Å². The number of carbonyl (C=O) groups is 1. The van der Waals surface area contributed by atoms with Gasteiger partial charge in [-0.15, -0.1) is 0 Å². The predicted molar refractivity (Wildman–Crippen MR) is 121 cm³/mol. The van der Waals surface area contributed by atoms with Crippen molar-refractivity contribution in [3.05, 3.63) is 39.4 Å². The minimum atomic E-state index is -0.162. The van der Waals surface area contributed by atoms with Crippen molar-refractivity contribution in [2.45, 2.75) is 45.7 Å². The Bertz CT molecular complexity index is 961. The van der Waals surface area contributed by atoms with Gasteiger partial charge in [-0.05, 0) is 30.3 Å². The van der Waals surface area contributed by atoms with Crippen molar-refractivity contribution in [3.8, 4) is 0 Å². The van der Waals surface area contributed by atoms with Crippen LogP contribution in [0.15, 0.2) is 29.1 Å². The standard InChI is InChI=1S/C22H32N4O3S/c1-3-16(4-2)19(25-11-13-29-14-12-25)15-23-20(27)9-10-26-21(28)17-7-5-6-8-18(17)24-22(26)30/h5-8,16,19H,3-4,9-15H2,1-2H3,(H,23,27)(H,24,30). The molecule has 2 aromatic rings. The lowest BCUT2D eigenvalue weighted by atomic mass is 9.92. The lowest BCUT2D eigenvalue weighted by molar-refractivity contribution is -0.121. The molecule has 0 aliphatic carbocycles. The molecular formula is C22H32N4O3S. The molecule has 1 aromatic carbocycles. The van der Waals surface area contributed by atoms with Gasteiger partial charge in [0.05, 0.1) is 24.1 Å². The molecule has 1 fully saturated rings. The number of ether oxygens (including phenoxy) is 1. The lowest BCUT2D eigenvalue weighted by Crippen LogP contribution is -2.52. The topological polar surface area (TPSA) is 79.4 Å². The molecule has 1 saturated heterocycles. The van der Waals surface area contributed by atoms with E-state index in [4.69, 9.17) is 17.0 Å². The van der Waals surface area contributed by atoms with Crippen molar-refractivity contribution >= 4 is 29.0 Å². The molecule has 0 bridgehead atoms. The molecule has 0 spiro atoms. The van der Waals surface area contributed by atoms with E-state index >= 15 is 0 Å². The van der Waals surface area contributed by atoms with Crippen molar-refractivity contribution in [3.63, 3.8) is 0 Å². The Morgan fingerprint density at radius 2 is 1.93 bits per heavy atom. The van der Waals surface area contributed by atoms with Crippen LogP contribution in [0.3, 0.4) is 0 Å². The van der Waals surface area contributed by atoms with Gasteiger partial charge in [-0.1, -0.05) is 38.8 Å². The third-order valence-corrected chi connectivity index (χ3v) is 6.39. The van der Waals surface area contributed by atoms with E-state index in [1.165, 1.54) is 4.57 Å². The predicted octanol–water partition coefficient (Wildman–Crippen LogP) is 2.70. The van der Waals surface area contributed by atoms with Gasteiger partial charge in [-0.3, -0.25) is 19.1 Å². The van der Waals surface area contributed by atoms with Gasteiger partial charge >= 0.3 is 0 Å². The number of aromatic amines is 1. The number of amides is 1. The zero-order chi connectivity index (χ0) is 21.5. The second-order valence-electron chi connectivity index (χ2n) is 7.78. The highest BCUT2D eigenvalue weighted by atomic mass is 32.1. The van der Waals surface area contributed by atoms with Gasteiger partial charge in [0.1, 0.15) is 0 Å². The molecule has 1 atom stereocenters. The summed E-state index contributed by atoms with van der Waals surface area (Å²) in [6.45, 7) is 8.58. The largest absolute Gasteiger partial charge is 0.379 e. The number of nitrogens with one attached hydrogen (secondary N) is 2. The monoisotopic (exact) mass is 432 g/mol. The van der Waals surface area contributed by atoms with Crippen molar-refractivity contribution in [2.75, 3.05) is 32.8 Å². The third-order valence-electron chi connectivity index (χ3n) is 6.07. The quantitative estimate of drug-likeness (QED) is 0.596. The van der Waals surface area contributed by atoms with E-state index in [1.807, 2.05) is 18.2 Å². The number of fused-ring (bicyclic) bond motifs is 1. The number of aromatic nitrogens is 2. The molecule has 1 aliphatic heterocycles. The van der Waals surface area contributed by atoms with Gasteiger partial charge in [-0.25, -0.2) is 0 Å². The van der Waals surface area contributed by atoms with E-state index < -0.39 is 0 Å². The summed E-state index contributed by atoms with van der Waals surface area (Å²) in [4.78, 5) is 30.8. The molecule has 1 aliphatic rings. The summed E-state index contributed by atoms with van der Waals surface area (Å²) in [5, 5.41) is 3.67. The smallest absolute Gasteiger partial charge is 0.262 e. The van der Waals surface area contributed by atoms with Crippen LogP contribution in [0, 0.1) is 10.7 Å². The summed E-state index contributed by atoms with van der Waals surface area (Å²) >= 11 is 5.33. The number of hydrogen-bond donors (Lipinski definition) is 2. The second kappa shape index (κ2) is 10.8. The molecule has 0 radical (unpaired) electrons. The van der Waals surface area contributed by atoms with Crippen LogP contribution in [-0.2, 0) is 16.1 Å². The van der Waals surface area contributed by atoms with Gasteiger partial charge in [-0.2, -0.15) is 0 Å². The molecule has 7 nitrogen and oxygen atoms in total. The number of rotatable bonds is 9. The Morgan fingerprint density at radius 3 is 2.63 bits per heavy atom. The average Bonchev–Trinajstić information content (AvgIpc) is 2.77. The number of para-hydroxylation sites is 1. The zero-order valence-electron chi connectivity index (χ0n) is 17.9. The summed E-state index contributed by atoms with van der Waals surface area (Å²) < 4.78 is 7.30. The van der Waals surface area contributed by atoms with Crippen LogP contribution in [0.25, 0.3) is 10.9 Å². The van der Waals surface area contributed by atoms with Crippen LogP contribution in [0.2, 0.25) is 0 Å². The molecular weight excluding hydrogens is 400 g/mol. The molecule has 30 heavy (non-hydrogen) atoms. The fourth-order valence-corrected chi connectivity index (χ4v) is 4.54. The maximum Gasteiger partial charge on any atom is 0.262 e. The van der Waals surface area contributed by atoms with E-state index in [0.717, 1.165) is 39.1 Å². The van der Waals surface area contributed by atoms with Crippen molar-refractivity contribution in [1.82, 2.24) is 19.8 Å². The molecule has 1 unspecified atom stereocenters. The fraction of sp³-hybridized carbons (Fsp3) is 0.591. The first kappa shape index (κ1) is 22.7. The summed E-state index contributed by atoms with van der Waals surface area (Å²) in [5.74, 6) is 0.467. The molecule has 164 valence electrons. The van der Waals surface area contributed by atoms with E-state index in [2.05, 4.69) is 29.0 Å². The first-order chi connectivity index (χ1) is 14.5. The molecule has 2 N–H and O–H groups in total. The number of morpholine rings is 1. The normalized spacial score (nSPS) is 16.1. The highest BCUT2D eigenvalue weighted by Gasteiger charge is 2.27. The molecule has 1 aromatic heterocycles. The fourth-order valence-electron chi connectivity index (χ4n) is 4.26. The van der Waals surface area contributed by atoms with Crippen LogP contribution >= 0.6 is 12.2 Å². The van der Waals surface area contributed by atoms with E-state index in [9.17, 15) is 9.59 Å². The maximum absolute atomic E-state index is 12.7. The van der Waals surface area contributed by atoms with Crippen LogP contribution in [0.4, 0.5) is 0 Å².